The molecule has 2 N–H and O–H groups in total. The molecule has 110 valence electrons. The van der Waals surface area contributed by atoms with Gasteiger partial charge in [-0.25, -0.2) is 9.97 Å². The summed E-state index contributed by atoms with van der Waals surface area (Å²) in [7, 11) is 1.67. The quantitative estimate of drug-likeness (QED) is 0.677. The van der Waals surface area contributed by atoms with Gasteiger partial charge in [0.2, 0.25) is 0 Å². The highest BCUT2D eigenvalue weighted by Crippen LogP contribution is 2.28. The van der Waals surface area contributed by atoms with Crippen LogP contribution >= 0.6 is 23.1 Å². The number of thiazole rings is 1. The summed E-state index contributed by atoms with van der Waals surface area (Å²) in [6, 6.07) is 5.84. The number of thioether (sulfide) groups is 1. The number of ether oxygens (including phenoxy) is 1. The van der Waals surface area contributed by atoms with E-state index < -0.39 is 0 Å². The molecule has 0 aliphatic rings. The smallest absolute Gasteiger partial charge is 0.182 e. The fourth-order valence-corrected chi connectivity index (χ4v) is 3.69. The van der Waals surface area contributed by atoms with E-state index in [1.807, 2.05) is 24.4 Å². The molecule has 2 heterocycles. The van der Waals surface area contributed by atoms with Crippen molar-refractivity contribution in [3.05, 3.63) is 29.3 Å². The Kier molecular flexibility index (Phi) is 4.31. The predicted octanol–water partition coefficient (Wildman–Crippen LogP) is 3.75. The summed E-state index contributed by atoms with van der Waals surface area (Å²) in [5.74, 6) is 1.69. The van der Waals surface area contributed by atoms with Crippen molar-refractivity contribution in [3.8, 4) is 5.75 Å². The lowest BCUT2D eigenvalue weighted by Gasteiger charge is -1.96. The highest BCUT2D eigenvalue weighted by atomic mass is 32.2. The summed E-state index contributed by atoms with van der Waals surface area (Å²) in [5, 5.41) is 5.11. The normalized spacial score (nSPS) is 11.0. The Bertz CT molecular complexity index is 737. The van der Waals surface area contributed by atoms with E-state index in [-0.39, 0.29) is 0 Å². The average molecular weight is 320 g/mol. The van der Waals surface area contributed by atoms with Crippen LogP contribution in [0.4, 0.5) is 5.13 Å². The van der Waals surface area contributed by atoms with E-state index in [9.17, 15) is 0 Å². The Morgan fingerprint density at radius 2 is 2.33 bits per heavy atom. The van der Waals surface area contributed by atoms with Crippen LogP contribution in [0.2, 0.25) is 0 Å². The molecule has 0 saturated heterocycles. The Labute approximate surface area is 131 Å². The van der Waals surface area contributed by atoms with E-state index in [1.54, 1.807) is 30.2 Å². The number of aromatic amines is 1. The summed E-state index contributed by atoms with van der Waals surface area (Å²) in [4.78, 5) is 13.4. The SMILES string of the molecule is CCNc1ncc(CSc2nc3ccc(OC)cc3[nH]2)s1. The number of anilines is 1. The number of methoxy groups -OCH3 is 1. The lowest BCUT2D eigenvalue weighted by Crippen LogP contribution is -1.94. The zero-order valence-corrected chi connectivity index (χ0v) is 13.5. The first-order chi connectivity index (χ1) is 10.3. The lowest BCUT2D eigenvalue weighted by molar-refractivity contribution is 0.415. The molecule has 5 nitrogen and oxygen atoms in total. The monoisotopic (exact) mass is 320 g/mol. The summed E-state index contributed by atoms with van der Waals surface area (Å²) >= 11 is 3.36. The van der Waals surface area contributed by atoms with Gasteiger partial charge >= 0.3 is 0 Å². The predicted molar refractivity (Wildman–Crippen MR) is 88.5 cm³/mol. The number of fused-ring (bicyclic) bond motifs is 1. The number of hydrogen-bond acceptors (Lipinski definition) is 6. The van der Waals surface area contributed by atoms with Crippen LogP contribution < -0.4 is 10.1 Å². The molecule has 0 unspecified atom stereocenters. The van der Waals surface area contributed by atoms with Crippen molar-refractivity contribution in [1.82, 2.24) is 15.0 Å². The van der Waals surface area contributed by atoms with Crippen LogP contribution in [0.15, 0.2) is 29.6 Å². The van der Waals surface area contributed by atoms with Gasteiger partial charge in [-0.05, 0) is 19.1 Å². The van der Waals surface area contributed by atoms with Crippen molar-refractivity contribution < 1.29 is 4.74 Å². The number of benzene rings is 1. The van der Waals surface area contributed by atoms with Crippen LogP contribution in [0.3, 0.4) is 0 Å². The molecule has 7 heteroatoms. The molecule has 2 aromatic heterocycles. The molecule has 0 atom stereocenters. The van der Waals surface area contributed by atoms with Crippen LogP contribution in [0.1, 0.15) is 11.8 Å². The molecular weight excluding hydrogens is 304 g/mol. The second kappa shape index (κ2) is 6.36. The van der Waals surface area contributed by atoms with Crippen molar-refractivity contribution >= 4 is 39.3 Å². The molecule has 0 aliphatic heterocycles. The molecular formula is C14H16N4OS2. The van der Waals surface area contributed by atoms with Crippen molar-refractivity contribution in [1.29, 1.82) is 0 Å². The largest absolute Gasteiger partial charge is 0.497 e. The maximum absolute atomic E-state index is 5.22. The average Bonchev–Trinajstić information content (AvgIpc) is 3.10. The van der Waals surface area contributed by atoms with Gasteiger partial charge in [0.1, 0.15) is 5.75 Å². The fraction of sp³-hybridized carbons (Fsp3) is 0.286. The zero-order chi connectivity index (χ0) is 14.7. The number of imidazole rings is 1. The van der Waals surface area contributed by atoms with Gasteiger partial charge in [-0.1, -0.05) is 11.8 Å². The first-order valence-electron chi connectivity index (χ1n) is 6.63. The number of hydrogen-bond donors (Lipinski definition) is 2. The van der Waals surface area contributed by atoms with Gasteiger partial charge in [0, 0.05) is 29.4 Å². The van der Waals surface area contributed by atoms with E-state index in [0.29, 0.717) is 0 Å². The number of rotatable bonds is 6. The van der Waals surface area contributed by atoms with Crippen LogP contribution in [0.5, 0.6) is 5.75 Å². The highest BCUT2D eigenvalue weighted by molar-refractivity contribution is 7.98. The van der Waals surface area contributed by atoms with Crippen LogP contribution in [0.25, 0.3) is 11.0 Å². The second-order valence-electron chi connectivity index (χ2n) is 4.38. The first-order valence-corrected chi connectivity index (χ1v) is 8.44. The third kappa shape index (κ3) is 3.30. The number of H-pyrrole nitrogens is 1. The Morgan fingerprint density at radius 1 is 1.43 bits per heavy atom. The Morgan fingerprint density at radius 3 is 3.14 bits per heavy atom. The molecule has 1 aromatic carbocycles. The molecule has 0 spiro atoms. The van der Waals surface area contributed by atoms with Crippen LogP contribution in [-0.2, 0) is 5.75 Å². The minimum Gasteiger partial charge on any atom is -0.497 e. The van der Waals surface area contributed by atoms with Gasteiger partial charge in [-0.15, -0.1) is 11.3 Å². The van der Waals surface area contributed by atoms with Crippen LogP contribution in [-0.4, -0.2) is 28.6 Å². The maximum Gasteiger partial charge on any atom is 0.182 e. The molecule has 3 aromatic rings. The summed E-state index contributed by atoms with van der Waals surface area (Å²) in [6.07, 6.45) is 1.92. The van der Waals surface area contributed by atoms with Crippen molar-refractivity contribution in [2.24, 2.45) is 0 Å². The van der Waals surface area contributed by atoms with Gasteiger partial charge in [0.05, 0.1) is 18.1 Å². The fourth-order valence-electron chi connectivity index (χ4n) is 1.91. The van der Waals surface area contributed by atoms with E-state index in [1.165, 1.54) is 4.88 Å². The second-order valence-corrected chi connectivity index (χ2v) is 6.46. The van der Waals surface area contributed by atoms with Gasteiger partial charge < -0.3 is 15.0 Å². The highest BCUT2D eigenvalue weighted by Gasteiger charge is 2.07. The van der Waals surface area contributed by atoms with E-state index in [0.717, 1.165) is 39.4 Å². The van der Waals surface area contributed by atoms with Gasteiger partial charge in [-0.2, -0.15) is 0 Å². The molecule has 0 aliphatic carbocycles. The van der Waals surface area contributed by atoms with Crippen molar-refractivity contribution in [2.45, 2.75) is 17.8 Å². The summed E-state index contributed by atoms with van der Waals surface area (Å²) in [6.45, 7) is 2.96. The van der Waals surface area contributed by atoms with Gasteiger partial charge in [-0.3, -0.25) is 0 Å². The molecule has 0 radical (unpaired) electrons. The van der Waals surface area contributed by atoms with Gasteiger partial charge in [0.15, 0.2) is 10.3 Å². The molecule has 3 rings (SSSR count). The summed E-state index contributed by atoms with van der Waals surface area (Å²) in [5.41, 5.74) is 1.95. The Balaban J connectivity index is 1.69. The van der Waals surface area contributed by atoms with E-state index in [4.69, 9.17) is 4.74 Å². The number of aromatic nitrogens is 3. The molecule has 0 amide bonds. The maximum atomic E-state index is 5.22. The van der Waals surface area contributed by atoms with Gasteiger partial charge in [0.25, 0.3) is 0 Å². The third-order valence-electron chi connectivity index (χ3n) is 2.90. The number of nitrogens with zero attached hydrogens (tertiary/aromatic N) is 2. The van der Waals surface area contributed by atoms with E-state index in [2.05, 4.69) is 27.2 Å². The Hall–Kier alpha value is -1.73. The minimum absolute atomic E-state index is 0.834. The van der Waals surface area contributed by atoms with Crippen molar-refractivity contribution in [3.63, 3.8) is 0 Å². The number of nitrogens with one attached hydrogen (secondary N) is 2. The van der Waals surface area contributed by atoms with Crippen molar-refractivity contribution in [2.75, 3.05) is 19.0 Å². The first kappa shape index (κ1) is 14.2. The zero-order valence-electron chi connectivity index (χ0n) is 11.8. The molecule has 0 fully saturated rings. The summed E-state index contributed by atoms with van der Waals surface area (Å²) < 4.78 is 5.22. The topological polar surface area (TPSA) is 62.8 Å². The molecule has 0 saturated carbocycles. The molecule has 0 bridgehead atoms. The molecule has 21 heavy (non-hydrogen) atoms. The lowest BCUT2D eigenvalue weighted by atomic mass is 10.3. The van der Waals surface area contributed by atoms with Crippen LogP contribution in [0, 0.1) is 0 Å². The van der Waals surface area contributed by atoms with E-state index >= 15 is 0 Å². The minimum atomic E-state index is 0.834. The third-order valence-corrected chi connectivity index (χ3v) is 4.96. The standard InChI is InChI=1S/C14H16N4OS2/c1-3-15-13-16-7-10(21-13)8-20-14-17-11-5-4-9(19-2)6-12(11)18-14/h4-7H,3,8H2,1-2H3,(H,15,16)(H,17,18).